The van der Waals surface area contributed by atoms with E-state index < -0.39 is 0 Å². The highest BCUT2D eigenvalue weighted by Gasteiger charge is 2.24. The largest absolute Gasteiger partial charge is 0.465 e. The van der Waals surface area contributed by atoms with Crippen LogP contribution in [0.15, 0.2) is 4.42 Å². The fourth-order valence-electron chi connectivity index (χ4n) is 1.47. The van der Waals surface area contributed by atoms with Crippen molar-refractivity contribution in [1.29, 1.82) is 0 Å². The monoisotopic (exact) mass is 182 g/mol. The van der Waals surface area contributed by atoms with Gasteiger partial charge in [0.15, 0.2) is 0 Å². The lowest BCUT2D eigenvalue weighted by atomic mass is 9.89. The molecule has 0 radical (unpaired) electrons. The molecule has 1 rings (SSSR count). The summed E-state index contributed by atoms with van der Waals surface area (Å²) < 4.78 is 5.64. The summed E-state index contributed by atoms with van der Waals surface area (Å²) in [5, 5.41) is 9.22. The Bertz CT molecular complexity index is 303. The van der Waals surface area contributed by atoms with Gasteiger partial charge in [-0.05, 0) is 19.4 Å². The topological polar surface area (TPSA) is 33.4 Å². The van der Waals surface area contributed by atoms with Crippen LogP contribution in [0.3, 0.4) is 0 Å². The number of furan rings is 1. The Morgan fingerprint density at radius 2 is 1.77 bits per heavy atom. The fourth-order valence-corrected chi connectivity index (χ4v) is 1.47. The third-order valence-corrected chi connectivity index (χ3v) is 2.35. The summed E-state index contributed by atoms with van der Waals surface area (Å²) in [6, 6.07) is 0. The van der Waals surface area contributed by atoms with E-state index in [-0.39, 0.29) is 12.0 Å². The maximum Gasteiger partial charge on any atom is 0.115 e. The van der Waals surface area contributed by atoms with Crippen LogP contribution < -0.4 is 0 Å². The molecule has 0 aliphatic rings. The molecule has 1 aromatic rings. The van der Waals surface area contributed by atoms with Gasteiger partial charge in [0, 0.05) is 11.0 Å². The lowest BCUT2D eigenvalue weighted by molar-refractivity contribution is 0.272. The predicted octanol–water partition coefficient (Wildman–Crippen LogP) is 2.69. The quantitative estimate of drug-likeness (QED) is 0.724. The van der Waals surface area contributed by atoms with Crippen molar-refractivity contribution < 1.29 is 9.52 Å². The van der Waals surface area contributed by atoms with Crippen molar-refractivity contribution in [2.45, 2.75) is 46.6 Å². The van der Waals surface area contributed by atoms with Gasteiger partial charge < -0.3 is 9.52 Å². The molecule has 0 bridgehead atoms. The zero-order valence-electron chi connectivity index (χ0n) is 9.06. The molecule has 0 saturated carbocycles. The van der Waals surface area contributed by atoms with Crippen molar-refractivity contribution in [3.63, 3.8) is 0 Å². The maximum atomic E-state index is 9.22. The van der Waals surface area contributed by atoms with E-state index in [1.807, 2.05) is 13.8 Å². The third kappa shape index (κ3) is 1.78. The smallest absolute Gasteiger partial charge is 0.115 e. The van der Waals surface area contributed by atoms with Gasteiger partial charge in [-0.15, -0.1) is 0 Å². The van der Waals surface area contributed by atoms with Crippen LogP contribution in [0.4, 0.5) is 0 Å². The Balaban J connectivity index is 3.30. The van der Waals surface area contributed by atoms with Gasteiger partial charge in [-0.25, -0.2) is 0 Å². The van der Waals surface area contributed by atoms with Gasteiger partial charge in [-0.1, -0.05) is 20.8 Å². The van der Waals surface area contributed by atoms with E-state index in [1.165, 1.54) is 0 Å². The summed E-state index contributed by atoms with van der Waals surface area (Å²) in [4.78, 5) is 0. The first-order valence-corrected chi connectivity index (χ1v) is 4.58. The van der Waals surface area contributed by atoms with Crippen molar-refractivity contribution in [1.82, 2.24) is 0 Å². The van der Waals surface area contributed by atoms with Crippen molar-refractivity contribution in [3.05, 3.63) is 22.6 Å². The minimum absolute atomic E-state index is 0.0307. The van der Waals surface area contributed by atoms with Crippen LogP contribution >= 0.6 is 0 Å². The number of aliphatic hydroxyl groups is 1. The molecule has 0 aliphatic heterocycles. The lowest BCUT2D eigenvalue weighted by Gasteiger charge is -2.16. The highest BCUT2D eigenvalue weighted by atomic mass is 16.3. The minimum Gasteiger partial charge on any atom is -0.465 e. The molecule has 1 aromatic heterocycles. The van der Waals surface area contributed by atoms with Crippen LogP contribution in [0.25, 0.3) is 0 Å². The Hall–Kier alpha value is -0.760. The second kappa shape index (κ2) is 3.18. The number of aliphatic hydroxyl groups excluding tert-OH is 1. The summed E-state index contributed by atoms with van der Waals surface area (Å²) in [6.45, 7) is 10.2. The van der Waals surface area contributed by atoms with Gasteiger partial charge in [-0.3, -0.25) is 0 Å². The average Bonchev–Trinajstić information content (AvgIpc) is 2.28. The van der Waals surface area contributed by atoms with Gasteiger partial charge in [0.1, 0.15) is 11.5 Å². The SMILES string of the molecule is Cc1oc(C(C)(C)C)c(CO)c1C. The van der Waals surface area contributed by atoms with Crippen LogP contribution in [-0.4, -0.2) is 5.11 Å². The van der Waals surface area contributed by atoms with Crippen molar-refractivity contribution in [2.75, 3.05) is 0 Å². The van der Waals surface area contributed by atoms with Crippen molar-refractivity contribution in [2.24, 2.45) is 0 Å². The molecular weight excluding hydrogens is 164 g/mol. The molecular formula is C11H18O2. The van der Waals surface area contributed by atoms with E-state index >= 15 is 0 Å². The predicted molar refractivity (Wildman–Crippen MR) is 52.8 cm³/mol. The number of rotatable bonds is 1. The van der Waals surface area contributed by atoms with Crippen LogP contribution in [0.1, 0.15) is 43.4 Å². The van der Waals surface area contributed by atoms with E-state index in [4.69, 9.17) is 4.42 Å². The van der Waals surface area contributed by atoms with Gasteiger partial charge >= 0.3 is 0 Å². The first kappa shape index (κ1) is 10.3. The van der Waals surface area contributed by atoms with Crippen LogP contribution in [0, 0.1) is 13.8 Å². The zero-order valence-corrected chi connectivity index (χ0v) is 9.06. The number of aryl methyl sites for hydroxylation is 1. The fraction of sp³-hybridized carbons (Fsp3) is 0.636. The molecule has 0 saturated heterocycles. The molecule has 0 fully saturated rings. The minimum atomic E-state index is -0.0307. The molecule has 0 amide bonds. The molecule has 2 nitrogen and oxygen atoms in total. The average molecular weight is 182 g/mol. The van der Waals surface area contributed by atoms with E-state index in [9.17, 15) is 5.11 Å². The van der Waals surface area contributed by atoms with Gasteiger partial charge in [0.2, 0.25) is 0 Å². The Morgan fingerprint density at radius 3 is 2.08 bits per heavy atom. The van der Waals surface area contributed by atoms with Crippen LogP contribution in [-0.2, 0) is 12.0 Å². The van der Waals surface area contributed by atoms with E-state index in [1.54, 1.807) is 0 Å². The standard InChI is InChI=1S/C11H18O2/c1-7-8(2)13-10(9(7)6-12)11(3,4)5/h12H,6H2,1-5H3. The summed E-state index contributed by atoms with van der Waals surface area (Å²) in [5.41, 5.74) is 1.99. The summed E-state index contributed by atoms with van der Waals surface area (Å²) in [7, 11) is 0. The lowest BCUT2D eigenvalue weighted by Crippen LogP contribution is -2.12. The Kier molecular flexibility index (Phi) is 2.53. The number of hydrogen-bond donors (Lipinski definition) is 1. The first-order chi connectivity index (χ1) is 5.88. The molecule has 0 spiro atoms. The highest BCUT2D eigenvalue weighted by Crippen LogP contribution is 2.31. The highest BCUT2D eigenvalue weighted by molar-refractivity contribution is 5.34. The Labute approximate surface area is 79.6 Å². The number of hydrogen-bond acceptors (Lipinski definition) is 2. The summed E-state index contributed by atoms with van der Waals surface area (Å²) in [5.74, 6) is 1.82. The molecule has 0 atom stereocenters. The van der Waals surface area contributed by atoms with Gasteiger partial charge in [-0.2, -0.15) is 0 Å². The molecule has 0 aliphatic carbocycles. The first-order valence-electron chi connectivity index (χ1n) is 4.58. The molecule has 13 heavy (non-hydrogen) atoms. The van der Waals surface area contributed by atoms with Crippen molar-refractivity contribution in [3.8, 4) is 0 Å². The van der Waals surface area contributed by atoms with E-state index in [0.29, 0.717) is 0 Å². The van der Waals surface area contributed by atoms with E-state index in [0.717, 1.165) is 22.6 Å². The van der Waals surface area contributed by atoms with Crippen LogP contribution in [0.2, 0.25) is 0 Å². The van der Waals surface area contributed by atoms with Gasteiger partial charge in [0.05, 0.1) is 6.61 Å². The molecule has 74 valence electrons. The molecule has 0 unspecified atom stereocenters. The van der Waals surface area contributed by atoms with Gasteiger partial charge in [0.25, 0.3) is 0 Å². The molecule has 1 N–H and O–H groups in total. The molecule has 1 heterocycles. The molecule has 2 heteroatoms. The second-order valence-corrected chi connectivity index (χ2v) is 4.50. The van der Waals surface area contributed by atoms with Crippen molar-refractivity contribution >= 4 is 0 Å². The summed E-state index contributed by atoms with van der Waals surface area (Å²) >= 11 is 0. The normalized spacial score (nSPS) is 12.2. The van der Waals surface area contributed by atoms with E-state index in [2.05, 4.69) is 20.8 Å². The van der Waals surface area contributed by atoms with Crippen LogP contribution in [0.5, 0.6) is 0 Å². The zero-order chi connectivity index (χ0) is 10.2. The Morgan fingerprint density at radius 1 is 1.23 bits per heavy atom. The third-order valence-electron chi connectivity index (χ3n) is 2.35. The molecule has 0 aromatic carbocycles. The summed E-state index contributed by atoms with van der Waals surface area (Å²) in [6.07, 6.45) is 0. The second-order valence-electron chi connectivity index (χ2n) is 4.50. The maximum absolute atomic E-state index is 9.22.